The highest BCUT2D eigenvalue weighted by Gasteiger charge is 2.22. The molecular weight excluding hydrogens is 328 g/mol. The molecule has 1 aromatic carbocycles. The molecule has 0 aliphatic rings. The molecule has 1 heterocycles. The van der Waals surface area contributed by atoms with Crippen molar-refractivity contribution in [1.29, 1.82) is 0 Å². The molecule has 0 saturated carbocycles. The lowest BCUT2D eigenvalue weighted by atomic mass is 10.1. The number of nitro groups is 1. The van der Waals surface area contributed by atoms with Gasteiger partial charge in [-0.3, -0.25) is 14.9 Å². The topological polar surface area (TPSA) is 81.5 Å². The minimum Gasteiger partial charge on any atom is -0.497 e. The number of hydrogen-bond acceptors (Lipinski definition) is 5. The zero-order chi connectivity index (χ0) is 16.3. The molecule has 0 fully saturated rings. The van der Waals surface area contributed by atoms with Gasteiger partial charge in [0.1, 0.15) is 10.6 Å². The fourth-order valence-electron chi connectivity index (χ4n) is 1.84. The van der Waals surface area contributed by atoms with Crippen LogP contribution in [0.3, 0.4) is 0 Å². The van der Waals surface area contributed by atoms with Crippen molar-refractivity contribution in [2.75, 3.05) is 7.11 Å². The largest absolute Gasteiger partial charge is 0.497 e. The zero-order valence-electron chi connectivity index (χ0n) is 11.8. The average molecular weight is 341 g/mol. The van der Waals surface area contributed by atoms with Crippen molar-refractivity contribution in [2.45, 2.75) is 13.0 Å². The molecule has 8 heteroatoms. The molecule has 1 unspecified atom stereocenters. The summed E-state index contributed by atoms with van der Waals surface area (Å²) in [6, 6.07) is 8.21. The van der Waals surface area contributed by atoms with Crippen LogP contribution in [0.15, 0.2) is 30.3 Å². The second kappa shape index (κ2) is 6.76. The molecule has 0 bridgehead atoms. The molecule has 1 amide bonds. The molecule has 1 aromatic heterocycles. The fourth-order valence-corrected chi connectivity index (χ4v) is 2.97. The van der Waals surface area contributed by atoms with Crippen LogP contribution in [0.25, 0.3) is 0 Å². The molecule has 1 atom stereocenters. The first-order valence-corrected chi connectivity index (χ1v) is 7.50. The number of rotatable bonds is 5. The van der Waals surface area contributed by atoms with E-state index in [9.17, 15) is 14.9 Å². The lowest BCUT2D eigenvalue weighted by Crippen LogP contribution is -2.25. The van der Waals surface area contributed by atoms with Crippen molar-refractivity contribution in [2.24, 2.45) is 0 Å². The molecule has 6 nitrogen and oxygen atoms in total. The fraction of sp³-hybridized carbons (Fsp3) is 0.214. The van der Waals surface area contributed by atoms with Crippen LogP contribution in [-0.4, -0.2) is 17.9 Å². The summed E-state index contributed by atoms with van der Waals surface area (Å²) in [6.07, 6.45) is 0. The van der Waals surface area contributed by atoms with Gasteiger partial charge >= 0.3 is 0 Å². The van der Waals surface area contributed by atoms with Gasteiger partial charge in [-0.15, -0.1) is 11.3 Å². The Hall–Kier alpha value is -2.12. The van der Waals surface area contributed by atoms with E-state index in [4.69, 9.17) is 16.3 Å². The first-order valence-electron chi connectivity index (χ1n) is 6.31. The minimum absolute atomic E-state index is 0.00718. The van der Waals surface area contributed by atoms with Gasteiger partial charge in [0, 0.05) is 6.07 Å². The van der Waals surface area contributed by atoms with Gasteiger partial charge in [0.05, 0.1) is 18.1 Å². The number of amides is 1. The van der Waals surface area contributed by atoms with E-state index in [0.717, 1.165) is 22.6 Å². The third kappa shape index (κ3) is 3.55. The third-order valence-corrected chi connectivity index (χ3v) is 4.39. The van der Waals surface area contributed by atoms with Gasteiger partial charge in [0.15, 0.2) is 4.34 Å². The van der Waals surface area contributed by atoms with Crippen molar-refractivity contribution in [3.05, 3.63) is 55.2 Å². The van der Waals surface area contributed by atoms with Crippen LogP contribution in [0.4, 0.5) is 5.69 Å². The number of nitrogens with zero attached hydrogens (tertiary/aromatic N) is 1. The number of carbonyl (C=O) groups is 1. The van der Waals surface area contributed by atoms with Crippen LogP contribution in [0, 0.1) is 10.1 Å². The second-order valence-electron chi connectivity index (χ2n) is 4.50. The molecule has 0 spiro atoms. The number of methoxy groups -OCH3 is 1. The van der Waals surface area contributed by atoms with Crippen molar-refractivity contribution in [1.82, 2.24) is 5.32 Å². The number of hydrogen-bond donors (Lipinski definition) is 1. The number of halogens is 1. The van der Waals surface area contributed by atoms with Crippen LogP contribution in [0.2, 0.25) is 4.34 Å². The Morgan fingerprint density at radius 1 is 1.41 bits per heavy atom. The van der Waals surface area contributed by atoms with Gasteiger partial charge in [-0.25, -0.2) is 0 Å². The molecule has 2 aromatic rings. The van der Waals surface area contributed by atoms with Crippen molar-refractivity contribution in [3.8, 4) is 5.75 Å². The standard InChI is InChI=1S/C14H13ClN2O4S/c1-8(9-3-5-10(21-2)6-4-9)16-14(18)12-7-11(17(19)20)13(15)22-12/h3-8H,1-2H3,(H,16,18). The Kier molecular flexibility index (Phi) is 4.99. The summed E-state index contributed by atoms with van der Waals surface area (Å²) in [5.74, 6) is 0.325. The smallest absolute Gasteiger partial charge is 0.299 e. The molecule has 0 saturated heterocycles. The van der Waals surface area contributed by atoms with Crippen molar-refractivity contribution in [3.63, 3.8) is 0 Å². The molecule has 0 aliphatic heterocycles. The van der Waals surface area contributed by atoms with Gasteiger partial charge in [-0.2, -0.15) is 0 Å². The summed E-state index contributed by atoms with van der Waals surface area (Å²) in [5, 5.41) is 13.5. The summed E-state index contributed by atoms with van der Waals surface area (Å²) in [6.45, 7) is 1.82. The summed E-state index contributed by atoms with van der Waals surface area (Å²) in [5.41, 5.74) is 0.639. The maximum Gasteiger partial charge on any atom is 0.299 e. The first-order chi connectivity index (χ1) is 10.4. The predicted molar refractivity (Wildman–Crippen MR) is 84.9 cm³/mol. The summed E-state index contributed by atoms with van der Waals surface area (Å²) in [4.78, 5) is 22.5. The zero-order valence-corrected chi connectivity index (χ0v) is 13.4. The molecule has 2 rings (SSSR count). The summed E-state index contributed by atoms with van der Waals surface area (Å²) >= 11 is 6.64. The SMILES string of the molecule is COc1ccc(C(C)NC(=O)c2cc([N+](=O)[O-])c(Cl)s2)cc1. The van der Waals surface area contributed by atoms with E-state index < -0.39 is 10.8 Å². The third-order valence-electron chi connectivity index (χ3n) is 3.05. The van der Waals surface area contributed by atoms with E-state index in [1.807, 2.05) is 19.1 Å². The second-order valence-corrected chi connectivity index (χ2v) is 6.15. The number of ether oxygens (including phenoxy) is 1. The van der Waals surface area contributed by atoms with Crippen LogP contribution in [0.1, 0.15) is 28.2 Å². The van der Waals surface area contributed by atoms with E-state index >= 15 is 0 Å². The lowest BCUT2D eigenvalue weighted by Gasteiger charge is -2.14. The molecule has 0 radical (unpaired) electrons. The van der Waals surface area contributed by atoms with E-state index in [1.54, 1.807) is 19.2 Å². The van der Waals surface area contributed by atoms with Crippen LogP contribution >= 0.6 is 22.9 Å². The van der Waals surface area contributed by atoms with E-state index in [-0.39, 0.29) is 20.9 Å². The maximum atomic E-state index is 12.1. The molecule has 0 aliphatic carbocycles. The van der Waals surface area contributed by atoms with E-state index in [1.165, 1.54) is 6.07 Å². The Morgan fingerprint density at radius 3 is 2.55 bits per heavy atom. The monoisotopic (exact) mass is 340 g/mol. The van der Waals surface area contributed by atoms with E-state index in [2.05, 4.69) is 5.32 Å². The van der Waals surface area contributed by atoms with Crippen molar-refractivity contribution >= 4 is 34.5 Å². The first kappa shape index (κ1) is 16.3. The molecule has 116 valence electrons. The van der Waals surface area contributed by atoms with Crippen LogP contribution in [0.5, 0.6) is 5.75 Å². The Balaban J connectivity index is 2.10. The number of benzene rings is 1. The normalized spacial score (nSPS) is 11.8. The molecule has 1 N–H and O–H groups in total. The van der Waals surface area contributed by atoms with E-state index in [0.29, 0.717) is 0 Å². The summed E-state index contributed by atoms with van der Waals surface area (Å²) < 4.78 is 5.07. The summed E-state index contributed by atoms with van der Waals surface area (Å²) in [7, 11) is 1.58. The Morgan fingerprint density at radius 2 is 2.05 bits per heavy atom. The maximum absolute atomic E-state index is 12.1. The lowest BCUT2D eigenvalue weighted by molar-refractivity contribution is -0.384. The average Bonchev–Trinajstić information content (AvgIpc) is 2.89. The Bertz CT molecular complexity index is 699. The highest BCUT2D eigenvalue weighted by atomic mass is 35.5. The minimum atomic E-state index is -0.609. The number of nitrogens with one attached hydrogen (secondary N) is 1. The molecule has 22 heavy (non-hydrogen) atoms. The van der Waals surface area contributed by atoms with Gasteiger partial charge in [0.25, 0.3) is 11.6 Å². The quantitative estimate of drug-likeness (QED) is 0.662. The van der Waals surface area contributed by atoms with Gasteiger partial charge in [-0.1, -0.05) is 23.7 Å². The van der Waals surface area contributed by atoms with Crippen LogP contribution in [-0.2, 0) is 0 Å². The van der Waals surface area contributed by atoms with Crippen molar-refractivity contribution < 1.29 is 14.5 Å². The number of thiophene rings is 1. The number of carbonyl (C=O) groups excluding carboxylic acids is 1. The van der Waals surface area contributed by atoms with Crippen LogP contribution < -0.4 is 10.1 Å². The highest BCUT2D eigenvalue weighted by molar-refractivity contribution is 7.18. The van der Waals surface area contributed by atoms with Gasteiger partial charge < -0.3 is 10.1 Å². The predicted octanol–water partition coefficient (Wildman–Crippen LogP) is 3.81. The highest BCUT2D eigenvalue weighted by Crippen LogP contribution is 2.33. The van der Waals surface area contributed by atoms with Gasteiger partial charge in [-0.05, 0) is 24.6 Å². The molecular formula is C14H13ClN2O4S. The van der Waals surface area contributed by atoms with Gasteiger partial charge in [0.2, 0.25) is 0 Å². The Labute approximate surface area is 135 Å².